The van der Waals surface area contributed by atoms with Gasteiger partial charge >= 0.3 is 0 Å². The van der Waals surface area contributed by atoms with Gasteiger partial charge < -0.3 is 15.8 Å². The molecule has 106 valence electrons. The molecule has 0 saturated carbocycles. The molecule has 0 aliphatic carbocycles. The van der Waals surface area contributed by atoms with Crippen LogP contribution in [0.3, 0.4) is 0 Å². The highest BCUT2D eigenvalue weighted by atomic mass is 19.1. The van der Waals surface area contributed by atoms with Crippen LogP contribution in [0.5, 0.6) is 0 Å². The van der Waals surface area contributed by atoms with E-state index in [1.165, 1.54) is 0 Å². The van der Waals surface area contributed by atoms with Gasteiger partial charge in [0, 0.05) is 18.7 Å². The lowest BCUT2D eigenvalue weighted by Gasteiger charge is -2.27. The maximum Gasteiger partial charge on any atom is 0.170 e. The summed E-state index contributed by atoms with van der Waals surface area (Å²) in [6.45, 7) is 3.92. The molecule has 3 N–H and O–H groups in total. The van der Waals surface area contributed by atoms with E-state index < -0.39 is 11.6 Å². The normalized spacial score (nSPS) is 13.4. The molecule has 1 atom stereocenters. The Morgan fingerprint density at radius 1 is 1.42 bits per heavy atom. The Balaban J connectivity index is 3.17. The first-order chi connectivity index (χ1) is 8.92. The van der Waals surface area contributed by atoms with E-state index in [2.05, 4.69) is 5.16 Å². The molecule has 0 fully saturated rings. The molecule has 1 rings (SSSR count). The Kier molecular flexibility index (Phi) is 5.09. The molecule has 19 heavy (non-hydrogen) atoms. The molecule has 0 bridgehead atoms. The van der Waals surface area contributed by atoms with Gasteiger partial charge in [-0.05, 0) is 25.5 Å². The molecule has 0 heterocycles. The summed E-state index contributed by atoms with van der Waals surface area (Å²) in [6.07, 6.45) is 1.76. The van der Waals surface area contributed by atoms with E-state index in [1.54, 1.807) is 11.9 Å². The van der Waals surface area contributed by atoms with Crippen molar-refractivity contribution < 1.29 is 14.0 Å². The summed E-state index contributed by atoms with van der Waals surface area (Å²) in [4.78, 5) is 1.56. The molecular formula is C13H19F2N3O. The van der Waals surface area contributed by atoms with Gasteiger partial charge in [0.25, 0.3) is 0 Å². The van der Waals surface area contributed by atoms with Gasteiger partial charge in [-0.15, -0.1) is 0 Å². The molecule has 0 aliphatic heterocycles. The van der Waals surface area contributed by atoms with Gasteiger partial charge in [0.2, 0.25) is 0 Å². The maximum absolute atomic E-state index is 14.0. The van der Waals surface area contributed by atoms with Gasteiger partial charge in [-0.3, -0.25) is 0 Å². The van der Waals surface area contributed by atoms with E-state index in [9.17, 15) is 8.78 Å². The zero-order chi connectivity index (χ0) is 14.6. The summed E-state index contributed by atoms with van der Waals surface area (Å²) >= 11 is 0. The minimum Gasteiger partial charge on any atom is -0.409 e. The summed E-state index contributed by atoms with van der Waals surface area (Å²) in [5.41, 5.74) is 5.23. The topological polar surface area (TPSA) is 61.8 Å². The van der Waals surface area contributed by atoms with Crippen LogP contribution in [0.25, 0.3) is 0 Å². The molecule has 0 aliphatic rings. The summed E-state index contributed by atoms with van der Waals surface area (Å²) in [5, 5.41) is 11.2. The Morgan fingerprint density at radius 3 is 2.37 bits per heavy atom. The number of rotatable bonds is 5. The Bertz CT molecular complexity index is 454. The molecule has 4 nitrogen and oxygen atoms in total. The first kappa shape index (κ1) is 15.2. The van der Waals surface area contributed by atoms with E-state index in [0.717, 1.165) is 25.0 Å². The zero-order valence-corrected chi connectivity index (χ0v) is 11.3. The van der Waals surface area contributed by atoms with Crippen LogP contribution < -0.4 is 10.6 Å². The average molecular weight is 271 g/mol. The number of anilines is 1. The highest BCUT2D eigenvalue weighted by Gasteiger charge is 2.19. The third-order valence-corrected chi connectivity index (χ3v) is 3.14. The summed E-state index contributed by atoms with van der Waals surface area (Å²) < 4.78 is 28.0. The van der Waals surface area contributed by atoms with Crippen molar-refractivity contribution in [1.29, 1.82) is 0 Å². The molecule has 1 unspecified atom stereocenters. The van der Waals surface area contributed by atoms with Crippen molar-refractivity contribution in [1.82, 2.24) is 0 Å². The van der Waals surface area contributed by atoms with E-state index in [1.807, 2.05) is 13.8 Å². The average Bonchev–Trinajstić information content (AvgIpc) is 2.36. The lowest BCUT2D eigenvalue weighted by Crippen LogP contribution is -2.30. The van der Waals surface area contributed by atoms with Crippen molar-refractivity contribution in [3.05, 3.63) is 29.3 Å². The van der Waals surface area contributed by atoms with Gasteiger partial charge in [0.05, 0.1) is 0 Å². The molecule has 1 aromatic rings. The van der Waals surface area contributed by atoms with Crippen molar-refractivity contribution in [2.75, 3.05) is 11.9 Å². The number of hydrogen-bond donors (Lipinski definition) is 2. The Morgan fingerprint density at radius 2 is 1.95 bits per heavy atom. The van der Waals surface area contributed by atoms with Crippen LogP contribution in [0.2, 0.25) is 0 Å². The number of nitrogens with zero attached hydrogens (tertiary/aromatic N) is 2. The third kappa shape index (κ3) is 3.33. The lowest BCUT2D eigenvalue weighted by atomic mass is 10.1. The standard InChI is InChI=1S/C13H19F2N3O/c1-4-5-8(2)18(3)12-10(14)6-9(7-11(12)15)13(16)17-19/h6-8,19H,4-5H2,1-3H3,(H2,16,17). The number of amidine groups is 1. The van der Waals surface area contributed by atoms with Gasteiger partial charge in [0.1, 0.15) is 17.3 Å². The molecule has 0 radical (unpaired) electrons. The molecule has 0 aromatic heterocycles. The smallest absolute Gasteiger partial charge is 0.170 e. The SMILES string of the molecule is CCCC(C)N(C)c1c(F)cc(C(N)=NO)cc1F. The largest absolute Gasteiger partial charge is 0.409 e. The highest BCUT2D eigenvalue weighted by molar-refractivity contribution is 5.97. The first-order valence-corrected chi connectivity index (χ1v) is 6.12. The van der Waals surface area contributed by atoms with Crippen LogP contribution >= 0.6 is 0 Å². The number of halogens is 2. The third-order valence-electron chi connectivity index (χ3n) is 3.14. The van der Waals surface area contributed by atoms with Crippen LogP contribution in [0, 0.1) is 11.6 Å². The van der Waals surface area contributed by atoms with E-state index in [0.29, 0.717) is 0 Å². The number of oxime groups is 1. The number of nitrogens with two attached hydrogens (primary N) is 1. The fraction of sp³-hybridized carbons (Fsp3) is 0.462. The fourth-order valence-corrected chi connectivity index (χ4v) is 1.94. The molecule has 0 amide bonds. The summed E-state index contributed by atoms with van der Waals surface area (Å²) in [7, 11) is 1.64. The quantitative estimate of drug-likeness (QED) is 0.374. The van der Waals surface area contributed by atoms with E-state index >= 15 is 0 Å². The van der Waals surface area contributed by atoms with Gasteiger partial charge in [-0.2, -0.15) is 0 Å². The monoisotopic (exact) mass is 271 g/mol. The molecule has 1 aromatic carbocycles. The van der Waals surface area contributed by atoms with Crippen molar-refractivity contribution in [2.45, 2.75) is 32.7 Å². The van der Waals surface area contributed by atoms with E-state index in [4.69, 9.17) is 10.9 Å². The molecule has 0 saturated heterocycles. The highest BCUT2D eigenvalue weighted by Crippen LogP contribution is 2.26. The second-order valence-electron chi connectivity index (χ2n) is 4.52. The first-order valence-electron chi connectivity index (χ1n) is 6.12. The van der Waals surface area contributed by atoms with Gasteiger partial charge in [0.15, 0.2) is 5.84 Å². The lowest BCUT2D eigenvalue weighted by molar-refractivity contribution is 0.318. The van der Waals surface area contributed by atoms with Crippen LogP contribution in [0.15, 0.2) is 17.3 Å². The predicted octanol–water partition coefficient (Wildman–Crippen LogP) is 2.68. The van der Waals surface area contributed by atoms with Crippen LogP contribution in [0.1, 0.15) is 32.3 Å². The van der Waals surface area contributed by atoms with Gasteiger partial charge in [-0.25, -0.2) is 8.78 Å². The zero-order valence-electron chi connectivity index (χ0n) is 11.3. The second kappa shape index (κ2) is 6.36. The van der Waals surface area contributed by atoms with Crippen LogP contribution in [-0.2, 0) is 0 Å². The number of benzene rings is 1. The maximum atomic E-state index is 14.0. The summed E-state index contributed by atoms with van der Waals surface area (Å²) in [5.74, 6) is -1.78. The predicted molar refractivity (Wildman–Crippen MR) is 71.6 cm³/mol. The molecule has 0 spiro atoms. The Hall–Kier alpha value is -1.85. The van der Waals surface area contributed by atoms with Crippen molar-refractivity contribution >= 4 is 11.5 Å². The van der Waals surface area contributed by atoms with Crippen molar-refractivity contribution in [3.63, 3.8) is 0 Å². The van der Waals surface area contributed by atoms with Gasteiger partial charge in [-0.1, -0.05) is 18.5 Å². The minimum absolute atomic E-state index is 0.0118. The van der Waals surface area contributed by atoms with E-state index in [-0.39, 0.29) is 23.1 Å². The van der Waals surface area contributed by atoms with Crippen molar-refractivity contribution in [2.24, 2.45) is 10.9 Å². The fourth-order valence-electron chi connectivity index (χ4n) is 1.94. The Labute approximate surface area is 111 Å². The molecule has 6 heteroatoms. The van der Waals surface area contributed by atoms with Crippen molar-refractivity contribution in [3.8, 4) is 0 Å². The minimum atomic E-state index is -0.730. The summed E-state index contributed by atoms with van der Waals surface area (Å²) in [6, 6.07) is 2.13. The van der Waals surface area contributed by atoms with Crippen LogP contribution in [0.4, 0.5) is 14.5 Å². The number of hydrogen-bond acceptors (Lipinski definition) is 3. The van der Waals surface area contributed by atoms with Crippen LogP contribution in [-0.4, -0.2) is 24.1 Å². The second-order valence-corrected chi connectivity index (χ2v) is 4.52. The molecular weight excluding hydrogens is 252 g/mol.